The number of aromatic nitrogens is 4. The van der Waals surface area contributed by atoms with Crippen LogP contribution >= 0.6 is 0 Å². The number of nitrogens with zero attached hydrogens (tertiary/aromatic N) is 6. The van der Waals surface area contributed by atoms with Crippen LogP contribution in [0.3, 0.4) is 0 Å². The average Bonchev–Trinajstić information content (AvgIpc) is 1.03. The normalized spacial score (nSPS) is 13.2. The number of para-hydroxylation sites is 6. The number of hydrogen-bond acceptors (Lipinski definition) is 8. The SMILES string of the molecule is CC1(C)c2ccccc2-c2ccc(-c3ccc(-c4ccc5c(c4)C(C)(C)c4ccccc4-5)c4nc(-c5ccc(N(c6ccccc6)c6ccc(-c7nc8ccccc8o7)cc6)cc5)c(-c5ccc(N(c6ccccc6)c6ccc(-c7nc8ccccc8o7)cc6)cc5)nc34)cc21. The van der Waals surface area contributed by atoms with Gasteiger partial charge in [-0.1, -0.05) is 198 Å². The molecule has 3 aromatic heterocycles. The van der Waals surface area contributed by atoms with Gasteiger partial charge < -0.3 is 18.6 Å². The van der Waals surface area contributed by atoms with Gasteiger partial charge in [0.05, 0.1) is 22.4 Å². The molecule has 13 aromatic carbocycles. The third-order valence-corrected chi connectivity index (χ3v) is 19.8. The largest absolute Gasteiger partial charge is 0.436 e. The Morgan fingerprint density at radius 2 is 0.552 bits per heavy atom. The van der Waals surface area contributed by atoms with E-state index in [0.717, 1.165) is 123 Å². The Morgan fingerprint density at radius 3 is 0.938 bits per heavy atom. The van der Waals surface area contributed by atoms with Crippen molar-refractivity contribution < 1.29 is 8.83 Å². The van der Waals surface area contributed by atoms with E-state index in [1.165, 1.54) is 44.5 Å². The van der Waals surface area contributed by atoms with E-state index in [-0.39, 0.29) is 10.8 Å². The summed E-state index contributed by atoms with van der Waals surface area (Å²) in [5, 5.41) is 0. The van der Waals surface area contributed by atoms with E-state index >= 15 is 0 Å². The van der Waals surface area contributed by atoms with Crippen molar-refractivity contribution in [3.8, 4) is 89.9 Å². The molecule has 0 fully saturated rings. The molecule has 0 radical (unpaired) electrons. The van der Waals surface area contributed by atoms with Crippen molar-refractivity contribution >= 4 is 67.4 Å². The molecule has 0 bridgehead atoms. The number of fused-ring (bicyclic) bond motifs is 9. The number of hydrogen-bond donors (Lipinski definition) is 0. The van der Waals surface area contributed by atoms with E-state index in [1.54, 1.807) is 0 Å². The first kappa shape index (κ1) is 56.5. The second-order valence-electron chi connectivity index (χ2n) is 26.1. The van der Waals surface area contributed by atoms with Crippen LogP contribution in [0.4, 0.5) is 34.1 Å². The molecule has 18 rings (SSSR count). The van der Waals surface area contributed by atoms with Crippen molar-refractivity contribution in [3.63, 3.8) is 0 Å². The van der Waals surface area contributed by atoms with Crippen molar-refractivity contribution in [2.45, 2.75) is 38.5 Å². The van der Waals surface area contributed by atoms with Gasteiger partial charge in [-0.15, -0.1) is 0 Å². The van der Waals surface area contributed by atoms with Gasteiger partial charge in [0.25, 0.3) is 0 Å². The van der Waals surface area contributed by atoms with E-state index in [2.05, 4.69) is 292 Å². The van der Waals surface area contributed by atoms with Gasteiger partial charge in [0.15, 0.2) is 11.2 Å². The zero-order chi connectivity index (χ0) is 64.2. The first-order chi connectivity index (χ1) is 47.1. The highest BCUT2D eigenvalue weighted by Gasteiger charge is 2.37. The first-order valence-electron chi connectivity index (χ1n) is 32.7. The molecular weight excluding hydrogens is 1170 g/mol. The number of anilines is 6. The fourth-order valence-corrected chi connectivity index (χ4v) is 14.8. The monoisotopic (exact) mass is 1230 g/mol. The van der Waals surface area contributed by atoms with Gasteiger partial charge in [-0.05, 0) is 189 Å². The van der Waals surface area contributed by atoms with Crippen LogP contribution in [0.25, 0.3) is 123 Å². The molecule has 0 amide bonds. The molecule has 456 valence electrons. The van der Waals surface area contributed by atoms with Crippen molar-refractivity contribution in [1.82, 2.24) is 19.9 Å². The van der Waals surface area contributed by atoms with E-state index < -0.39 is 0 Å². The van der Waals surface area contributed by atoms with Crippen LogP contribution in [0.1, 0.15) is 49.9 Å². The van der Waals surface area contributed by atoms with Crippen molar-refractivity contribution in [2.75, 3.05) is 9.80 Å². The van der Waals surface area contributed by atoms with Gasteiger partial charge in [-0.25, -0.2) is 19.9 Å². The lowest BCUT2D eigenvalue weighted by atomic mass is 9.81. The molecule has 0 spiro atoms. The molecule has 8 nitrogen and oxygen atoms in total. The summed E-state index contributed by atoms with van der Waals surface area (Å²) in [5.41, 5.74) is 30.2. The van der Waals surface area contributed by atoms with E-state index in [4.69, 9.17) is 28.8 Å². The smallest absolute Gasteiger partial charge is 0.227 e. The standard InChI is InChI=1S/C88H62N6O2/c1-87(2)73-25-13-11-23-69(73)71-49-39-59(53-75(71)87)67-51-52-68(60-40-50-72-70-24-12-14-26-74(70)88(3,4)76(72)54-60)84-83(67)91-81(55-31-41-63(42-32-55)93(61-19-7-5-8-20-61)65-45-35-57(36-46-65)85-89-77-27-15-17-29-79(77)95-85)82(92-84)56-33-43-64(44-34-56)94(62-21-9-6-10-22-62)66-47-37-58(38-48-66)86-90-78-28-16-18-30-80(78)96-86/h5-54H,1-4H3. The van der Waals surface area contributed by atoms with Crippen molar-refractivity contribution in [1.29, 1.82) is 0 Å². The van der Waals surface area contributed by atoms with Crippen molar-refractivity contribution in [2.24, 2.45) is 0 Å². The van der Waals surface area contributed by atoms with Gasteiger partial charge in [-0.2, -0.15) is 0 Å². The quantitative estimate of drug-likeness (QED) is 0.120. The number of benzene rings is 13. The summed E-state index contributed by atoms with van der Waals surface area (Å²) in [5.74, 6) is 1.17. The number of rotatable bonds is 12. The molecule has 3 heterocycles. The van der Waals surface area contributed by atoms with Gasteiger partial charge in [0.2, 0.25) is 11.8 Å². The molecule has 0 N–H and O–H groups in total. The molecule has 8 heteroatoms. The summed E-state index contributed by atoms with van der Waals surface area (Å²) in [6, 6.07) is 107. The van der Waals surface area contributed by atoms with Crippen LogP contribution in [0.2, 0.25) is 0 Å². The van der Waals surface area contributed by atoms with Gasteiger partial charge in [0.1, 0.15) is 11.0 Å². The molecule has 16 aromatic rings. The second kappa shape index (κ2) is 22.2. The highest BCUT2D eigenvalue weighted by atomic mass is 16.4. The highest BCUT2D eigenvalue weighted by molar-refractivity contribution is 6.04. The zero-order valence-corrected chi connectivity index (χ0v) is 53.4. The molecule has 0 atom stereocenters. The summed E-state index contributed by atoms with van der Waals surface area (Å²) in [4.78, 5) is 26.2. The lowest BCUT2D eigenvalue weighted by Gasteiger charge is -2.26. The Labute approximate surface area is 556 Å². The Bertz CT molecular complexity index is 5280. The molecule has 96 heavy (non-hydrogen) atoms. The Kier molecular flexibility index (Phi) is 13.1. The predicted molar refractivity (Wildman–Crippen MR) is 392 cm³/mol. The maximum absolute atomic E-state index is 6.22. The Hall–Kier alpha value is -12.3. The van der Waals surface area contributed by atoms with Gasteiger partial charge >= 0.3 is 0 Å². The Morgan fingerprint density at radius 1 is 0.250 bits per heavy atom. The molecule has 0 unspecified atom stereocenters. The van der Waals surface area contributed by atoms with Crippen LogP contribution in [-0.4, -0.2) is 19.9 Å². The third kappa shape index (κ3) is 9.35. The zero-order valence-electron chi connectivity index (χ0n) is 53.4. The minimum atomic E-state index is -0.210. The lowest BCUT2D eigenvalue weighted by molar-refractivity contribution is 0.619. The Balaban J connectivity index is 0.813. The third-order valence-electron chi connectivity index (χ3n) is 19.8. The molecular formula is C88H62N6O2. The molecule has 0 saturated heterocycles. The fraction of sp³-hybridized carbons (Fsp3) is 0.0682. The highest BCUT2D eigenvalue weighted by Crippen LogP contribution is 2.53. The molecule has 2 aliphatic rings. The summed E-state index contributed by atoms with van der Waals surface area (Å²) < 4.78 is 12.4. The van der Waals surface area contributed by atoms with Crippen LogP contribution in [0.5, 0.6) is 0 Å². The summed E-state index contributed by atoms with van der Waals surface area (Å²) in [6.07, 6.45) is 0. The first-order valence-corrected chi connectivity index (χ1v) is 32.7. The van der Waals surface area contributed by atoms with E-state index in [0.29, 0.717) is 11.8 Å². The number of oxazole rings is 2. The summed E-state index contributed by atoms with van der Waals surface area (Å²) in [6.45, 7) is 9.39. The minimum Gasteiger partial charge on any atom is -0.436 e. The molecule has 0 aliphatic heterocycles. The van der Waals surface area contributed by atoms with Gasteiger partial charge in [0, 0.05) is 78.3 Å². The minimum absolute atomic E-state index is 0.210. The van der Waals surface area contributed by atoms with Crippen LogP contribution in [-0.2, 0) is 10.8 Å². The topological polar surface area (TPSA) is 84.3 Å². The lowest BCUT2D eigenvalue weighted by Crippen LogP contribution is -2.15. The fourth-order valence-electron chi connectivity index (χ4n) is 14.8. The van der Waals surface area contributed by atoms with Crippen molar-refractivity contribution in [3.05, 3.63) is 326 Å². The maximum Gasteiger partial charge on any atom is 0.227 e. The average molecular weight is 1240 g/mol. The summed E-state index contributed by atoms with van der Waals surface area (Å²) in [7, 11) is 0. The van der Waals surface area contributed by atoms with E-state index in [1.807, 2.05) is 48.5 Å². The molecule has 2 aliphatic carbocycles. The van der Waals surface area contributed by atoms with Crippen LogP contribution in [0.15, 0.2) is 312 Å². The molecule has 0 saturated carbocycles. The second-order valence-corrected chi connectivity index (χ2v) is 26.1. The van der Waals surface area contributed by atoms with Crippen LogP contribution < -0.4 is 9.80 Å². The van der Waals surface area contributed by atoms with Gasteiger partial charge in [-0.3, -0.25) is 0 Å². The van der Waals surface area contributed by atoms with Crippen LogP contribution in [0, 0.1) is 0 Å². The maximum atomic E-state index is 6.22. The van der Waals surface area contributed by atoms with E-state index in [9.17, 15) is 0 Å². The summed E-state index contributed by atoms with van der Waals surface area (Å²) >= 11 is 0. The predicted octanol–water partition coefficient (Wildman–Crippen LogP) is 23.5.